The van der Waals surface area contributed by atoms with Crippen molar-refractivity contribution in [2.24, 2.45) is 0 Å². The number of ether oxygens (including phenoxy) is 2. The molecule has 2 aromatic rings. The molecule has 0 heterocycles. The number of hydrogen-bond donors (Lipinski definition) is 2. The Morgan fingerprint density at radius 3 is 2.00 bits per heavy atom. The molecule has 0 saturated heterocycles. The van der Waals surface area contributed by atoms with Crippen LogP contribution in [-0.2, 0) is 37.5 Å². The van der Waals surface area contributed by atoms with E-state index in [-0.39, 0.29) is 32.1 Å². The average Bonchev–Trinajstić information content (AvgIpc) is 2.79. The molecule has 2 rings (SSSR count). The predicted molar refractivity (Wildman–Crippen MR) is 117 cm³/mol. The minimum atomic E-state index is -3.66. The van der Waals surface area contributed by atoms with Crippen molar-refractivity contribution in [3.63, 3.8) is 0 Å². The van der Waals surface area contributed by atoms with Gasteiger partial charge in [0, 0.05) is 12.4 Å². The molecule has 31 heavy (non-hydrogen) atoms. The fourth-order valence-corrected chi connectivity index (χ4v) is 3.83. The summed E-state index contributed by atoms with van der Waals surface area (Å²) >= 11 is 5.50. The van der Waals surface area contributed by atoms with Crippen molar-refractivity contribution in [3.05, 3.63) is 71.8 Å². The number of nitrogens with one attached hydrogen (secondary N) is 2. The Morgan fingerprint density at radius 2 is 1.45 bits per heavy atom. The van der Waals surface area contributed by atoms with E-state index in [2.05, 4.69) is 10.0 Å². The highest BCUT2D eigenvalue weighted by atomic mass is 35.5. The molecule has 0 saturated carbocycles. The maximum atomic E-state index is 12.5. The van der Waals surface area contributed by atoms with Gasteiger partial charge < -0.3 is 14.8 Å². The minimum Gasteiger partial charge on any atom is -0.459 e. The van der Waals surface area contributed by atoms with Crippen LogP contribution in [0.2, 0.25) is 0 Å². The first kappa shape index (κ1) is 24.6. The van der Waals surface area contributed by atoms with Gasteiger partial charge in [0.2, 0.25) is 10.0 Å². The van der Waals surface area contributed by atoms with Crippen LogP contribution >= 0.6 is 11.6 Å². The van der Waals surface area contributed by atoms with Crippen molar-refractivity contribution >= 4 is 33.7 Å². The Labute approximate surface area is 186 Å². The fraction of sp³-hybridized carbons (Fsp3) is 0.333. The van der Waals surface area contributed by atoms with Crippen LogP contribution in [0.15, 0.2) is 60.7 Å². The van der Waals surface area contributed by atoms with Crippen molar-refractivity contribution < 1.29 is 27.5 Å². The Morgan fingerprint density at radius 1 is 0.903 bits per heavy atom. The number of sulfonamides is 1. The lowest BCUT2D eigenvalue weighted by Crippen LogP contribution is -2.44. The first-order valence-electron chi connectivity index (χ1n) is 9.60. The van der Waals surface area contributed by atoms with Crippen molar-refractivity contribution in [3.8, 4) is 0 Å². The first-order valence-corrected chi connectivity index (χ1v) is 11.8. The molecule has 0 spiro atoms. The lowest BCUT2D eigenvalue weighted by molar-refractivity contribution is -0.147. The second-order valence-electron chi connectivity index (χ2n) is 6.54. The summed E-state index contributed by atoms with van der Waals surface area (Å²) in [6, 6.07) is 16.8. The Hall–Kier alpha value is -2.62. The van der Waals surface area contributed by atoms with Crippen LogP contribution in [0, 0.1) is 0 Å². The van der Waals surface area contributed by atoms with E-state index >= 15 is 0 Å². The number of amides is 1. The third-order valence-electron chi connectivity index (χ3n) is 4.10. The third kappa shape index (κ3) is 9.82. The Balaban J connectivity index is 1.96. The lowest BCUT2D eigenvalue weighted by atomic mass is 10.2. The highest BCUT2D eigenvalue weighted by Crippen LogP contribution is 2.06. The summed E-state index contributed by atoms with van der Waals surface area (Å²) in [7, 11) is -3.66. The summed E-state index contributed by atoms with van der Waals surface area (Å²) in [6.45, 7) is 0.0712. The quantitative estimate of drug-likeness (QED) is 0.366. The summed E-state index contributed by atoms with van der Waals surface area (Å²) in [5.41, 5.74) is 1.53. The van der Waals surface area contributed by atoms with Crippen LogP contribution < -0.4 is 10.0 Å². The Kier molecular flexibility index (Phi) is 10.3. The summed E-state index contributed by atoms with van der Waals surface area (Å²) < 4.78 is 36.7. The van der Waals surface area contributed by atoms with Gasteiger partial charge in [0.15, 0.2) is 0 Å². The van der Waals surface area contributed by atoms with Gasteiger partial charge in [-0.1, -0.05) is 60.7 Å². The maximum Gasteiger partial charge on any atom is 0.408 e. The first-order chi connectivity index (χ1) is 14.9. The van der Waals surface area contributed by atoms with E-state index in [4.69, 9.17) is 21.1 Å². The molecule has 0 aromatic heterocycles. The highest BCUT2D eigenvalue weighted by molar-refractivity contribution is 7.89. The SMILES string of the molecule is O=C(N[C@H](CCS(=O)(=O)NCCCl)C(=O)OCc1ccccc1)OCc1ccccc1. The molecule has 0 unspecified atom stereocenters. The van der Waals surface area contributed by atoms with Gasteiger partial charge in [-0.3, -0.25) is 0 Å². The summed E-state index contributed by atoms with van der Waals surface area (Å²) in [5, 5.41) is 2.40. The molecular weight excluding hydrogens is 444 g/mol. The van der Waals surface area contributed by atoms with Crippen molar-refractivity contribution in [1.82, 2.24) is 10.0 Å². The number of alkyl halides is 1. The van der Waals surface area contributed by atoms with E-state index in [0.717, 1.165) is 11.1 Å². The van der Waals surface area contributed by atoms with Crippen LogP contribution in [0.5, 0.6) is 0 Å². The number of benzene rings is 2. The molecule has 0 fully saturated rings. The fourth-order valence-electron chi connectivity index (χ4n) is 2.52. The molecule has 168 valence electrons. The number of esters is 1. The molecular formula is C21H25ClN2O6S. The molecule has 10 heteroatoms. The minimum absolute atomic E-state index is 0.00579. The largest absolute Gasteiger partial charge is 0.459 e. The molecule has 2 N–H and O–H groups in total. The topological polar surface area (TPSA) is 111 Å². The van der Waals surface area contributed by atoms with Crippen molar-refractivity contribution in [2.45, 2.75) is 25.7 Å². The zero-order chi connectivity index (χ0) is 22.5. The van der Waals surface area contributed by atoms with E-state index < -0.39 is 33.9 Å². The summed E-state index contributed by atoms with van der Waals surface area (Å²) in [6.07, 6.45) is -1.04. The van der Waals surface area contributed by atoms with Crippen LogP contribution in [0.1, 0.15) is 17.5 Å². The lowest BCUT2D eigenvalue weighted by Gasteiger charge is -2.18. The molecule has 0 radical (unpaired) electrons. The zero-order valence-corrected chi connectivity index (χ0v) is 18.4. The van der Waals surface area contributed by atoms with Gasteiger partial charge >= 0.3 is 12.1 Å². The van der Waals surface area contributed by atoms with Crippen LogP contribution in [0.25, 0.3) is 0 Å². The second-order valence-corrected chi connectivity index (χ2v) is 8.85. The van der Waals surface area contributed by atoms with Gasteiger partial charge in [-0.15, -0.1) is 11.6 Å². The van der Waals surface area contributed by atoms with Crippen molar-refractivity contribution in [1.29, 1.82) is 0 Å². The van der Waals surface area contributed by atoms with Gasteiger partial charge in [-0.2, -0.15) is 0 Å². The van der Waals surface area contributed by atoms with E-state index in [1.165, 1.54) is 0 Å². The molecule has 0 aliphatic heterocycles. The number of rotatable bonds is 12. The summed E-state index contributed by atoms with van der Waals surface area (Å²) in [4.78, 5) is 24.7. The van der Waals surface area contributed by atoms with Gasteiger partial charge in [-0.05, 0) is 17.5 Å². The molecule has 0 aliphatic carbocycles. The van der Waals surface area contributed by atoms with Crippen LogP contribution in [0.3, 0.4) is 0 Å². The monoisotopic (exact) mass is 468 g/mol. The number of halogens is 1. The predicted octanol–water partition coefficient (Wildman–Crippen LogP) is 2.57. The number of alkyl carbamates (subject to hydrolysis) is 1. The molecule has 8 nitrogen and oxygen atoms in total. The van der Waals surface area contributed by atoms with Gasteiger partial charge in [-0.25, -0.2) is 22.7 Å². The highest BCUT2D eigenvalue weighted by Gasteiger charge is 2.25. The molecule has 0 bridgehead atoms. The van der Waals surface area contributed by atoms with Crippen molar-refractivity contribution in [2.75, 3.05) is 18.2 Å². The van der Waals surface area contributed by atoms with Crippen LogP contribution in [0.4, 0.5) is 4.79 Å². The molecule has 1 amide bonds. The molecule has 2 aromatic carbocycles. The second kappa shape index (κ2) is 12.9. The number of hydrogen-bond acceptors (Lipinski definition) is 6. The number of carbonyl (C=O) groups excluding carboxylic acids is 2. The third-order valence-corrected chi connectivity index (χ3v) is 5.71. The van der Waals surface area contributed by atoms with E-state index in [9.17, 15) is 18.0 Å². The standard InChI is InChI=1S/C21H25ClN2O6S/c22-12-13-23-31(27,28)14-11-19(20(25)29-15-17-7-3-1-4-8-17)24-21(26)30-16-18-9-5-2-6-10-18/h1-10,19,23H,11-16H2,(H,24,26)/t19-/m1/s1. The van der Waals surface area contributed by atoms with Crippen LogP contribution in [-0.4, -0.2) is 44.7 Å². The normalized spacial score (nSPS) is 12.0. The average molecular weight is 469 g/mol. The summed E-state index contributed by atoms with van der Waals surface area (Å²) in [5.74, 6) is -1.03. The zero-order valence-electron chi connectivity index (χ0n) is 16.8. The van der Waals surface area contributed by atoms with E-state index in [1.54, 1.807) is 48.5 Å². The molecule has 0 aliphatic rings. The van der Waals surface area contributed by atoms with E-state index in [1.807, 2.05) is 12.1 Å². The number of carbonyl (C=O) groups is 2. The van der Waals surface area contributed by atoms with Gasteiger partial charge in [0.25, 0.3) is 0 Å². The maximum absolute atomic E-state index is 12.5. The smallest absolute Gasteiger partial charge is 0.408 e. The molecule has 1 atom stereocenters. The Bertz CT molecular complexity index is 925. The van der Waals surface area contributed by atoms with E-state index in [0.29, 0.717) is 0 Å². The van der Waals surface area contributed by atoms with Gasteiger partial charge in [0.1, 0.15) is 19.3 Å². The van der Waals surface area contributed by atoms with Gasteiger partial charge in [0.05, 0.1) is 5.75 Å².